The Balaban J connectivity index is 1.91. The molecule has 0 unspecified atom stereocenters. The summed E-state index contributed by atoms with van der Waals surface area (Å²) in [5, 5.41) is 3.30. The molecule has 2 rings (SSSR count). The van der Waals surface area contributed by atoms with Crippen molar-refractivity contribution in [1.29, 1.82) is 0 Å². The van der Waals surface area contributed by atoms with Gasteiger partial charge in [0.25, 0.3) is 0 Å². The summed E-state index contributed by atoms with van der Waals surface area (Å²) in [6, 6.07) is 0. The largest absolute Gasteiger partial charge is 0.355 e. The van der Waals surface area contributed by atoms with E-state index in [1.807, 2.05) is 12.4 Å². The quantitative estimate of drug-likeness (QED) is 0.855. The lowest BCUT2D eigenvalue weighted by molar-refractivity contribution is 0.377. The lowest BCUT2D eigenvalue weighted by atomic mass is 9.92. The van der Waals surface area contributed by atoms with E-state index < -0.39 is 0 Å². The van der Waals surface area contributed by atoms with Gasteiger partial charge in [-0.25, -0.2) is 4.98 Å². The zero-order valence-electron chi connectivity index (χ0n) is 12.2. The lowest BCUT2D eigenvalue weighted by Gasteiger charge is -2.32. The third kappa shape index (κ3) is 4.16. The normalized spacial score (nSPS) is 16.8. The average molecular weight is 262 g/mol. The fourth-order valence-electron chi connectivity index (χ4n) is 2.74. The molecule has 0 aliphatic carbocycles. The first-order valence-corrected chi connectivity index (χ1v) is 7.60. The number of anilines is 1. The maximum Gasteiger partial charge on any atom is 0.147 e. The third-order valence-electron chi connectivity index (χ3n) is 3.86. The van der Waals surface area contributed by atoms with E-state index in [9.17, 15) is 0 Å². The van der Waals surface area contributed by atoms with Gasteiger partial charge in [-0.3, -0.25) is 4.98 Å². The van der Waals surface area contributed by atoms with Crippen LogP contribution in [0.5, 0.6) is 0 Å². The molecule has 1 saturated heterocycles. The second-order valence-electron chi connectivity index (χ2n) is 5.37. The third-order valence-corrected chi connectivity index (χ3v) is 3.86. The van der Waals surface area contributed by atoms with Gasteiger partial charge in [0, 0.05) is 25.8 Å². The second kappa shape index (κ2) is 7.43. The molecule has 1 aliphatic rings. The number of rotatable bonds is 6. The Morgan fingerprint density at radius 2 is 2.05 bits per heavy atom. The Kier molecular flexibility index (Phi) is 5.58. The van der Waals surface area contributed by atoms with Crippen molar-refractivity contribution < 1.29 is 0 Å². The van der Waals surface area contributed by atoms with Gasteiger partial charge < -0.3 is 10.2 Å². The summed E-state index contributed by atoms with van der Waals surface area (Å²) in [6.07, 6.45) is 9.04. The van der Waals surface area contributed by atoms with Crippen LogP contribution in [0.1, 0.15) is 45.2 Å². The minimum absolute atomic E-state index is 0.809. The van der Waals surface area contributed by atoms with E-state index in [-0.39, 0.29) is 0 Å². The van der Waals surface area contributed by atoms with Crippen molar-refractivity contribution in [3.05, 3.63) is 18.1 Å². The van der Waals surface area contributed by atoms with E-state index in [1.54, 1.807) is 0 Å². The number of hydrogen-bond donors (Lipinski definition) is 1. The van der Waals surface area contributed by atoms with Crippen LogP contribution in [0.3, 0.4) is 0 Å². The monoisotopic (exact) mass is 262 g/mol. The van der Waals surface area contributed by atoms with Crippen molar-refractivity contribution >= 4 is 5.82 Å². The first-order valence-electron chi connectivity index (χ1n) is 7.60. The van der Waals surface area contributed by atoms with E-state index in [4.69, 9.17) is 4.98 Å². The molecule has 0 amide bonds. The molecular formula is C15H26N4. The molecule has 0 radical (unpaired) electrons. The summed E-state index contributed by atoms with van der Waals surface area (Å²) in [5.41, 5.74) is 1.04. The van der Waals surface area contributed by atoms with Gasteiger partial charge in [0.05, 0.1) is 11.9 Å². The highest BCUT2D eigenvalue weighted by molar-refractivity contribution is 5.36. The Bertz CT molecular complexity index is 372. The lowest BCUT2D eigenvalue weighted by Crippen LogP contribution is -2.34. The van der Waals surface area contributed by atoms with Gasteiger partial charge in [-0.15, -0.1) is 0 Å². The summed E-state index contributed by atoms with van der Waals surface area (Å²) in [7, 11) is 0. The van der Waals surface area contributed by atoms with E-state index in [0.29, 0.717) is 0 Å². The van der Waals surface area contributed by atoms with Crippen LogP contribution in [0.25, 0.3) is 0 Å². The zero-order chi connectivity index (χ0) is 13.5. The van der Waals surface area contributed by atoms with Crippen molar-refractivity contribution in [3.8, 4) is 0 Å². The Labute approximate surface area is 116 Å². The van der Waals surface area contributed by atoms with Crippen LogP contribution in [0, 0.1) is 5.92 Å². The van der Waals surface area contributed by atoms with E-state index in [0.717, 1.165) is 43.6 Å². The Hall–Kier alpha value is -1.16. The van der Waals surface area contributed by atoms with E-state index in [1.165, 1.54) is 25.7 Å². The van der Waals surface area contributed by atoms with Crippen molar-refractivity contribution in [2.75, 3.05) is 24.5 Å². The minimum Gasteiger partial charge on any atom is -0.355 e. The van der Waals surface area contributed by atoms with Gasteiger partial charge in [0.15, 0.2) is 0 Å². The zero-order valence-corrected chi connectivity index (χ0v) is 12.2. The molecule has 106 valence electrons. The van der Waals surface area contributed by atoms with Gasteiger partial charge in [0.2, 0.25) is 0 Å². The molecule has 0 saturated carbocycles. The van der Waals surface area contributed by atoms with Gasteiger partial charge >= 0.3 is 0 Å². The molecule has 0 atom stereocenters. The first-order chi connectivity index (χ1) is 9.33. The summed E-state index contributed by atoms with van der Waals surface area (Å²) in [6.45, 7) is 8.42. The van der Waals surface area contributed by atoms with Gasteiger partial charge in [0.1, 0.15) is 5.82 Å². The Morgan fingerprint density at radius 3 is 2.74 bits per heavy atom. The maximum absolute atomic E-state index is 4.71. The van der Waals surface area contributed by atoms with Crippen molar-refractivity contribution in [1.82, 2.24) is 15.3 Å². The molecule has 0 bridgehead atoms. The average Bonchev–Trinajstić information content (AvgIpc) is 2.46. The van der Waals surface area contributed by atoms with Crippen LogP contribution in [-0.4, -0.2) is 29.6 Å². The fourth-order valence-corrected chi connectivity index (χ4v) is 2.74. The predicted molar refractivity (Wildman–Crippen MR) is 79.3 cm³/mol. The number of nitrogens with zero attached hydrogens (tertiary/aromatic N) is 3. The maximum atomic E-state index is 4.71. The predicted octanol–water partition coefficient (Wildman–Crippen LogP) is 2.60. The number of nitrogens with one attached hydrogen (secondary N) is 1. The van der Waals surface area contributed by atoms with Crippen LogP contribution in [0.2, 0.25) is 0 Å². The van der Waals surface area contributed by atoms with Crippen molar-refractivity contribution in [2.45, 2.75) is 46.1 Å². The topological polar surface area (TPSA) is 41.1 Å². The molecule has 1 N–H and O–H groups in total. The molecule has 2 heterocycles. The molecule has 4 nitrogen and oxygen atoms in total. The van der Waals surface area contributed by atoms with Gasteiger partial charge in [-0.05, 0) is 25.3 Å². The molecular weight excluding hydrogens is 236 g/mol. The standard InChI is InChI=1S/C15H26N4/c1-3-5-13-6-8-19(9-7-13)15-12-17-11-14(18-15)10-16-4-2/h11-13,16H,3-10H2,1-2H3. The molecule has 1 fully saturated rings. The van der Waals surface area contributed by atoms with Crippen LogP contribution in [-0.2, 0) is 6.54 Å². The highest BCUT2D eigenvalue weighted by Gasteiger charge is 2.19. The number of aromatic nitrogens is 2. The smallest absolute Gasteiger partial charge is 0.147 e. The van der Waals surface area contributed by atoms with Crippen LogP contribution in [0.4, 0.5) is 5.82 Å². The molecule has 4 heteroatoms. The summed E-state index contributed by atoms with van der Waals surface area (Å²) < 4.78 is 0. The summed E-state index contributed by atoms with van der Waals surface area (Å²) in [5.74, 6) is 1.96. The van der Waals surface area contributed by atoms with Gasteiger partial charge in [-0.1, -0.05) is 26.7 Å². The highest BCUT2D eigenvalue weighted by atomic mass is 15.2. The fraction of sp³-hybridized carbons (Fsp3) is 0.733. The molecule has 0 aromatic carbocycles. The van der Waals surface area contributed by atoms with Gasteiger partial charge in [-0.2, -0.15) is 0 Å². The minimum atomic E-state index is 0.809. The highest BCUT2D eigenvalue weighted by Crippen LogP contribution is 2.24. The SMILES string of the molecule is CCCC1CCN(c2cncc(CNCC)n2)CC1. The molecule has 1 aromatic rings. The molecule has 19 heavy (non-hydrogen) atoms. The van der Waals surface area contributed by atoms with E-state index >= 15 is 0 Å². The number of piperidine rings is 1. The second-order valence-corrected chi connectivity index (χ2v) is 5.37. The molecule has 1 aliphatic heterocycles. The number of hydrogen-bond acceptors (Lipinski definition) is 4. The van der Waals surface area contributed by atoms with Crippen LogP contribution >= 0.6 is 0 Å². The van der Waals surface area contributed by atoms with E-state index in [2.05, 4.69) is 29.0 Å². The first kappa shape index (κ1) is 14.3. The molecule has 0 spiro atoms. The van der Waals surface area contributed by atoms with Crippen molar-refractivity contribution in [2.24, 2.45) is 5.92 Å². The Morgan fingerprint density at radius 1 is 1.26 bits per heavy atom. The molecule has 1 aromatic heterocycles. The summed E-state index contributed by atoms with van der Waals surface area (Å²) in [4.78, 5) is 11.4. The summed E-state index contributed by atoms with van der Waals surface area (Å²) >= 11 is 0. The van der Waals surface area contributed by atoms with Crippen LogP contribution < -0.4 is 10.2 Å². The van der Waals surface area contributed by atoms with Crippen LogP contribution in [0.15, 0.2) is 12.4 Å². The van der Waals surface area contributed by atoms with Crippen molar-refractivity contribution in [3.63, 3.8) is 0 Å².